The molecule has 2 fully saturated rings. The number of H-pyrrole nitrogens is 1. The molecule has 2 bridgehead atoms. The standard InChI is InChI=1S/C24H22N4O3S/c29-32(30)15-19-12-22(32)14-28(19)13-18-4-1-17-11-21(7-8-23(17)26-18)31-20-5-2-16(3-6-20)24-9-10-25-27-24/h1-11,19,22H,12-15H2,(H,25,27). The first-order valence-corrected chi connectivity index (χ1v) is 12.4. The Bertz CT molecular complexity index is 1380. The number of aromatic amines is 1. The number of aromatic nitrogens is 3. The number of nitrogens with zero attached hydrogens (tertiary/aromatic N) is 3. The van der Waals surface area contributed by atoms with Crippen molar-refractivity contribution >= 4 is 20.7 Å². The summed E-state index contributed by atoms with van der Waals surface area (Å²) in [7, 11) is -2.87. The van der Waals surface area contributed by atoms with E-state index >= 15 is 0 Å². The van der Waals surface area contributed by atoms with Gasteiger partial charge in [-0.25, -0.2) is 8.42 Å². The van der Waals surface area contributed by atoms with Gasteiger partial charge < -0.3 is 4.74 Å². The molecular weight excluding hydrogens is 424 g/mol. The van der Waals surface area contributed by atoms with Crippen molar-refractivity contribution in [2.75, 3.05) is 12.3 Å². The third-order valence-electron chi connectivity index (χ3n) is 6.41. The zero-order valence-electron chi connectivity index (χ0n) is 17.3. The SMILES string of the molecule is O=S1(=O)CC2CC1CN2Cc1ccc2cc(Oc3ccc(-c4ccn[nH]4)cc3)ccc2n1. The molecule has 2 aromatic carbocycles. The maximum Gasteiger partial charge on any atom is 0.156 e. The number of sulfone groups is 1. The van der Waals surface area contributed by atoms with Crippen molar-refractivity contribution in [1.82, 2.24) is 20.1 Å². The van der Waals surface area contributed by atoms with Gasteiger partial charge >= 0.3 is 0 Å². The number of pyridine rings is 1. The van der Waals surface area contributed by atoms with Crippen LogP contribution in [-0.2, 0) is 16.4 Å². The summed E-state index contributed by atoms with van der Waals surface area (Å²) in [5.41, 5.74) is 3.88. The van der Waals surface area contributed by atoms with E-state index in [4.69, 9.17) is 9.72 Å². The van der Waals surface area contributed by atoms with E-state index in [1.54, 1.807) is 6.20 Å². The summed E-state index contributed by atoms with van der Waals surface area (Å²) in [4.78, 5) is 7.05. The Labute approximate surface area is 186 Å². The van der Waals surface area contributed by atoms with Crippen molar-refractivity contribution in [3.05, 3.63) is 72.6 Å². The van der Waals surface area contributed by atoms with E-state index < -0.39 is 9.84 Å². The van der Waals surface area contributed by atoms with Gasteiger partial charge in [-0.05, 0) is 66.6 Å². The average Bonchev–Trinajstić information content (AvgIpc) is 3.51. The van der Waals surface area contributed by atoms with Crippen LogP contribution in [0.5, 0.6) is 11.5 Å². The molecule has 6 rings (SSSR count). The smallest absolute Gasteiger partial charge is 0.156 e. The zero-order chi connectivity index (χ0) is 21.7. The molecule has 2 aromatic heterocycles. The van der Waals surface area contributed by atoms with Crippen molar-refractivity contribution in [3.8, 4) is 22.8 Å². The van der Waals surface area contributed by atoms with Gasteiger partial charge in [0.05, 0.1) is 27.9 Å². The van der Waals surface area contributed by atoms with E-state index in [9.17, 15) is 8.42 Å². The number of benzene rings is 2. The molecule has 4 aromatic rings. The molecule has 1 N–H and O–H groups in total. The number of likely N-dealkylation sites (tertiary alicyclic amines) is 1. The lowest BCUT2D eigenvalue weighted by Gasteiger charge is -2.26. The maximum atomic E-state index is 12.0. The molecule has 0 aliphatic carbocycles. The highest BCUT2D eigenvalue weighted by atomic mass is 32.2. The molecule has 0 saturated carbocycles. The first-order valence-electron chi connectivity index (χ1n) is 10.7. The topological polar surface area (TPSA) is 88.2 Å². The van der Waals surface area contributed by atoms with Crippen molar-refractivity contribution in [2.24, 2.45) is 0 Å². The van der Waals surface area contributed by atoms with Gasteiger partial charge in [0.25, 0.3) is 0 Å². The fourth-order valence-corrected chi connectivity index (χ4v) is 6.82. The summed E-state index contributed by atoms with van der Waals surface area (Å²) in [5.74, 6) is 1.80. The van der Waals surface area contributed by atoms with Crippen LogP contribution in [0.4, 0.5) is 0 Å². The highest BCUT2D eigenvalue weighted by molar-refractivity contribution is 7.92. The quantitative estimate of drug-likeness (QED) is 0.502. The van der Waals surface area contributed by atoms with Gasteiger partial charge in [-0.2, -0.15) is 5.10 Å². The highest BCUT2D eigenvalue weighted by Crippen LogP contribution is 2.34. The van der Waals surface area contributed by atoms with Gasteiger partial charge in [0.15, 0.2) is 9.84 Å². The number of rotatable bonds is 5. The zero-order valence-corrected chi connectivity index (χ0v) is 18.1. The lowest BCUT2D eigenvalue weighted by atomic mass is 10.1. The van der Waals surface area contributed by atoms with E-state index in [1.807, 2.05) is 54.6 Å². The summed E-state index contributed by atoms with van der Waals surface area (Å²) in [5, 5.41) is 7.74. The lowest BCUT2D eigenvalue weighted by Crippen LogP contribution is -2.40. The summed E-state index contributed by atoms with van der Waals surface area (Å²) in [6, 6.07) is 19.9. The van der Waals surface area contributed by atoms with Crippen molar-refractivity contribution in [1.29, 1.82) is 0 Å². The highest BCUT2D eigenvalue weighted by Gasteiger charge is 2.48. The van der Waals surface area contributed by atoms with Gasteiger partial charge in [0.2, 0.25) is 0 Å². The second-order valence-electron chi connectivity index (χ2n) is 8.52. The second kappa shape index (κ2) is 7.43. The lowest BCUT2D eigenvalue weighted by molar-refractivity contribution is 0.254. The Hall–Kier alpha value is -3.23. The first-order chi connectivity index (χ1) is 15.5. The summed E-state index contributed by atoms with van der Waals surface area (Å²) < 4.78 is 30.0. The molecule has 2 aliphatic heterocycles. The molecule has 0 radical (unpaired) electrons. The maximum absolute atomic E-state index is 12.0. The second-order valence-corrected chi connectivity index (χ2v) is 10.9. The number of ether oxygens (including phenoxy) is 1. The molecule has 32 heavy (non-hydrogen) atoms. The van der Waals surface area contributed by atoms with Gasteiger partial charge in [0.1, 0.15) is 11.5 Å². The van der Waals surface area contributed by atoms with Crippen LogP contribution in [0.2, 0.25) is 0 Å². The predicted molar refractivity (Wildman–Crippen MR) is 122 cm³/mol. The monoisotopic (exact) mass is 446 g/mol. The normalized spacial score (nSPS) is 21.9. The molecule has 4 heterocycles. The molecule has 7 nitrogen and oxygen atoms in total. The van der Waals surface area contributed by atoms with E-state index in [-0.39, 0.29) is 17.0 Å². The molecule has 2 unspecified atom stereocenters. The number of hydrogen-bond donors (Lipinski definition) is 1. The number of hydrogen-bond acceptors (Lipinski definition) is 6. The third kappa shape index (κ3) is 3.55. The Morgan fingerprint density at radius 3 is 2.59 bits per heavy atom. The Morgan fingerprint density at radius 1 is 1.03 bits per heavy atom. The molecule has 0 spiro atoms. The minimum Gasteiger partial charge on any atom is -0.457 e. The summed E-state index contributed by atoms with van der Waals surface area (Å²) in [6.45, 7) is 1.31. The fraction of sp³-hybridized carbons (Fsp3) is 0.250. The number of fused-ring (bicyclic) bond motifs is 3. The van der Waals surface area contributed by atoms with E-state index in [2.05, 4.69) is 21.2 Å². The first kappa shape index (κ1) is 19.5. The summed E-state index contributed by atoms with van der Waals surface area (Å²) in [6.07, 6.45) is 2.49. The average molecular weight is 447 g/mol. The summed E-state index contributed by atoms with van der Waals surface area (Å²) >= 11 is 0. The molecule has 2 aliphatic rings. The largest absolute Gasteiger partial charge is 0.457 e. The van der Waals surface area contributed by atoms with Crippen LogP contribution in [-0.4, -0.2) is 52.1 Å². The number of nitrogens with one attached hydrogen (secondary N) is 1. The van der Waals surface area contributed by atoms with Crippen LogP contribution in [0.25, 0.3) is 22.2 Å². The van der Waals surface area contributed by atoms with Crippen molar-refractivity contribution < 1.29 is 13.2 Å². The van der Waals surface area contributed by atoms with Crippen LogP contribution in [0.3, 0.4) is 0 Å². The van der Waals surface area contributed by atoms with Gasteiger partial charge in [-0.1, -0.05) is 6.07 Å². The minimum atomic E-state index is -2.87. The van der Waals surface area contributed by atoms with E-state index in [1.165, 1.54) is 0 Å². The minimum absolute atomic E-state index is 0.137. The van der Waals surface area contributed by atoms with E-state index in [0.717, 1.165) is 45.8 Å². The molecule has 162 valence electrons. The molecule has 2 atom stereocenters. The Kier molecular flexibility index (Phi) is 4.51. The molecule has 8 heteroatoms. The van der Waals surface area contributed by atoms with Gasteiger partial charge in [-0.3, -0.25) is 15.0 Å². The Balaban J connectivity index is 1.16. The molecular formula is C24H22N4O3S. The molecule has 0 amide bonds. The van der Waals surface area contributed by atoms with Crippen molar-refractivity contribution in [3.63, 3.8) is 0 Å². The van der Waals surface area contributed by atoms with Crippen LogP contribution >= 0.6 is 0 Å². The third-order valence-corrected chi connectivity index (χ3v) is 8.61. The fourth-order valence-electron chi connectivity index (χ4n) is 4.73. The van der Waals surface area contributed by atoms with Crippen LogP contribution in [0.15, 0.2) is 66.9 Å². The molecule has 2 saturated heterocycles. The van der Waals surface area contributed by atoms with Crippen LogP contribution in [0, 0.1) is 0 Å². The van der Waals surface area contributed by atoms with Gasteiger partial charge in [0, 0.05) is 30.7 Å². The van der Waals surface area contributed by atoms with Gasteiger partial charge in [-0.15, -0.1) is 0 Å². The predicted octanol–water partition coefficient (Wildman–Crippen LogP) is 3.79. The Morgan fingerprint density at radius 2 is 1.88 bits per heavy atom. The van der Waals surface area contributed by atoms with E-state index in [0.29, 0.717) is 13.1 Å². The van der Waals surface area contributed by atoms with Crippen LogP contribution < -0.4 is 4.74 Å². The van der Waals surface area contributed by atoms with Crippen LogP contribution in [0.1, 0.15) is 12.1 Å². The van der Waals surface area contributed by atoms with Crippen molar-refractivity contribution in [2.45, 2.75) is 24.3 Å².